The molecule has 0 spiro atoms. The molecule has 0 aromatic carbocycles. The molecule has 1 saturated heterocycles. The number of imidazole rings is 1. The van der Waals surface area contributed by atoms with Crippen molar-refractivity contribution < 1.29 is 38.1 Å². The normalized spacial score (nSPS) is 21.8. The largest absolute Gasteiger partial charge is 0.465 e. The first-order valence-corrected chi connectivity index (χ1v) is 20.7. The Morgan fingerprint density at radius 2 is 1.76 bits per heavy atom. The highest BCUT2D eigenvalue weighted by Gasteiger charge is 2.54. The summed E-state index contributed by atoms with van der Waals surface area (Å²) in [4.78, 5) is 29.2. The molecule has 3 aromatic rings. The Morgan fingerprint density at radius 3 is 2.44 bits per heavy atom. The number of aliphatic hydroxyl groups excluding tert-OH is 1. The molecule has 6 atom stereocenters. The van der Waals surface area contributed by atoms with E-state index in [1.807, 2.05) is 0 Å². The van der Waals surface area contributed by atoms with Crippen molar-refractivity contribution in [2.45, 2.75) is 141 Å². The first-order valence-electron chi connectivity index (χ1n) is 19.1. The Bertz CT molecular complexity index is 1660. The van der Waals surface area contributed by atoms with Crippen LogP contribution in [0.25, 0.3) is 11.2 Å². The Kier molecular flexibility index (Phi) is 17.3. The molecule has 4 heterocycles. The third-order valence-corrected chi connectivity index (χ3v) is 11.0. The number of nitrogens with one attached hydrogen (secondary N) is 1. The lowest BCUT2D eigenvalue weighted by atomic mass is 9.96. The lowest BCUT2D eigenvalue weighted by Gasteiger charge is -2.27. The second kappa shape index (κ2) is 21.6. The van der Waals surface area contributed by atoms with Gasteiger partial charge >= 0.3 is 13.7 Å². The van der Waals surface area contributed by atoms with E-state index in [1.54, 1.807) is 24.5 Å². The van der Waals surface area contributed by atoms with Crippen LogP contribution in [0.5, 0.6) is 0 Å². The molecule has 7 N–H and O–H groups in total. The molecule has 0 bridgehead atoms. The van der Waals surface area contributed by atoms with Crippen molar-refractivity contribution in [2.24, 2.45) is 0 Å². The number of ether oxygens (including phenoxy) is 2. The van der Waals surface area contributed by atoms with Gasteiger partial charge in [0.1, 0.15) is 29.4 Å². The van der Waals surface area contributed by atoms with Crippen LogP contribution in [0.2, 0.25) is 0 Å². The van der Waals surface area contributed by atoms with Crippen LogP contribution in [-0.2, 0) is 34.5 Å². The van der Waals surface area contributed by atoms with Gasteiger partial charge in [0.2, 0.25) is 5.95 Å². The Labute approximate surface area is 318 Å². The van der Waals surface area contributed by atoms with Gasteiger partial charge in [-0.15, -0.1) is 0 Å². The average Bonchev–Trinajstić information content (AvgIpc) is 3.66. The quantitative estimate of drug-likeness (QED) is 0.0292. The van der Waals surface area contributed by atoms with Crippen molar-refractivity contribution >= 4 is 36.6 Å². The standard InChI is InChI=1S/C37H59N8O8P/c1-4-5-6-7-8-9-10-11-12-13-14-15-16-17-18-22-50-34(47)27(2)44-54(49,51-24-28-20-19-21-40-23-28)52-25-29-31(46)37(3,48)35(53-29)45-26-41-30-32(38)42-36(39)43-33(30)45/h11-12,19-21,23,26-27,29,31,35,46,48H,4-10,13-18,22,24-25H2,1-3H3,(H,44,49)(H4,38,39,42,43)/b12-11-/t27-,29+,31-,35+,37-,54?/m0/s1. The highest BCUT2D eigenvalue weighted by molar-refractivity contribution is 7.51. The number of hydrogen-bond acceptors (Lipinski definition) is 14. The maximum atomic E-state index is 14.1. The Hall–Kier alpha value is -3.50. The highest BCUT2D eigenvalue weighted by Crippen LogP contribution is 2.47. The molecular weight excluding hydrogens is 715 g/mol. The van der Waals surface area contributed by atoms with Crippen molar-refractivity contribution in [1.29, 1.82) is 0 Å². The topological polar surface area (TPSA) is 232 Å². The van der Waals surface area contributed by atoms with E-state index in [2.05, 4.69) is 44.1 Å². The molecule has 0 saturated carbocycles. The smallest absolute Gasteiger partial charge is 0.406 e. The van der Waals surface area contributed by atoms with Crippen LogP contribution in [0.1, 0.15) is 116 Å². The number of esters is 1. The number of aromatic nitrogens is 5. The van der Waals surface area contributed by atoms with E-state index in [4.69, 9.17) is 30.0 Å². The number of anilines is 2. The summed E-state index contributed by atoms with van der Waals surface area (Å²) in [6.07, 6.45) is 20.3. The average molecular weight is 775 g/mol. The summed E-state index contributed by atoms with van der Waals surface area (Å²) in [5.41, 5.74) is 10.8. The predicted molar refractivity (Wildman–Crippen MR) is 206 cm³/mol. The molecule has 1 unspecified atom stereocenters. The van der Waals surface area contributed by atoms with E-state index in [9.17, 15) is 19.6 Å². The summed E-state index contributed by atoms with van der Waals surface area (Å²) in [6.45, 7) is 4.68. The molecule has 0 radical (unpaired) electrons. The molecule has 16 nitrogen and oxygen atoms in total. The Morgan fingerprint density at radius 1 is 1.07 bits per heavy atom. The fraction of sp³-hybridized carbons (Fsp3) is 0.649. The van der Waals surface area contributed by atoms with Crippen LogP contribution in [0.4, 0.5) is 11.8 Å². The first kappa shape index (κ1) is 43.2. The second-order valence-electron chi connectivity index (χ2n) is 14.0. The number of allylic oxidation sites excluding steroid dienone is 2. The summed E-state index contributed by atoms with van der Waals surface area (Å²) < 4.78 is 38.4. The van der Waals surface area contributed by atoms with Gasteiger partial charge in [-0.1, -0.05) is 76.5 Å². The SMILES string of the molecule is CCCCCCCC/C=C\CCCCCCCOC(=O)[C@H](C)NP(=O)(OCc1cccnc1)OC[C@H]1O[C@@H](n2cnc3c(N)nc(N)nc32)[C@@](C)(O)[C@H]1O. The summed E-state index contributed by atoms with van der Waals surface area (Å²) in [5, 5.41) is 25.1. The highest BCUT2D eigenvalue weighted by atomic mass is 31.2. The number of pyridine rings is 1. The van der Waals surface area contributed by atoms with Gasteiger partial charge in [-0.25, -0.2) is 14.6 Å². The van der Waals surface area contributed by atoms with Gasteiger partial charge in [-0.3, -0.25) is 23.4 Å². The van der Waals surface area contributed by atoms with Gasteiger partial charge in [0.25, 0.3) is 0 Å². The van der Waals surface area contributed by atoms with Crippen LogP contribution in [0.15, 0.2) is 43.0 Å². The number of rotatable bonds is 25. The van der Waals surface area contributed by atoms with Gasteiger partial charge in [0, 0.05) is 12.4 Å². The number of aliphatic hydroxyl groups is 2. The zero-order valence-corrected chi connectivity index (χ0v) is 32.7. The minimum absolute atomic E-state index is 0.0346. The number of unbranched alkanes of at least 4 members (excludes halogenated alkanes) is 11. The van der Waals surface area contributed by atoms with Crippen LogP contribution in [-0.4, -0.2) is 77.7 Å². The van der Waals surface area contributed by atoms with E-state index < -0.39 is 50.4 Å². The molecule has 0 amide bonds. The fourth-order valence-electron chi connectivity index (χ4n) is 6.19. The van der Waals surface area contributed by atoms with Crippen molar-refractivity contribution in [3.05, 3.63) is 48.6 Å². The van der Waals surface area contributed by atoms with E-state index in [0.29, 0.717) is 12.0 Å². The number of nitrogens with two attached hydrogens (primary N) is 2. The van der Waals surface area contributed by atoms with Gasteiger partial charge in [-0.05, 0) is 57.6 Å². The van der Waals surface area contributed by atoms with Crippen LogP contribution >= 0.6 is 7.75 Å². The maximum Gasteiger partial charge on any atom is 0.406 e. The molecule has 54 heavy (non-hydrogen) atoms. The van der Waals surface area contributed by atoms with Crippen molar-refractivity contribution in [2.75, 3.05) is 24.7 Å². The van der Waals surface area contributed by atoms with Crippen molar-refractivity contribution in [3.8, 4) is 0 Å². The molecule has 4 rings (SSSR count). The molecule has 0 aliphatic carbocycles. The third kappa shape index (κ3) is 12.8. The summed E-state index contributed by atoms with van der Waals surface area (Å²) in [5.74, 6) is -0.697. The summed E-state index contributed by atoms with van der Waals surface area (Å²) >= 11 is 0. The van der Waals surface area contributed by atoms with E-state index in [0.717, 1.165) is 32.1 Å². The third-order valence-electron chi connectivity index (χ3n) is 9.36. The van der Waals surface area contributed by atoms with Crippen LogP contribution in [0.3, 0.4) is 0 Å². The number of hydrogen-bond donors (Lipinski definition) is 5. The van der Waals surface area contributed by atoms with Gasteiger partial charge < -0.3 is 31.2 Å². The number of carbonyl (C=O) groups excluding carboxylic acids is 1. The fourth-order valence-corrected chi connectivity index (χ4v) is 7.66. The maximum absolute atomic E-state index is 14.1. The van der Waals surface area contributed by atoms with Gasteiger partial charge in [-0.2, -0.15) is 9.97 Å². The van der Waals surface area contributed by atoms with Crippen molar-refractivity contribution in [3.63, 3.8) is 0 Å². The van der Waals surface area contributed by atoms with Crippen LogP contribution < -0.4 is 16.6 Å². The molecule has 1 fully saturated rings. The lowest BCUT2D eigenvalue weighted by Crippen LogP contribution is -2.44. The van der Waals surface area contributed by atoms with Gasteiger partial charge in [0.15, 0.2) is 17.7 Å². The summed E-state index contributed by atoms with van der Waals surface area (Å²) in [7, 11) is -4.25. The number of carbonyl (C=O) groups is 1. The van der Waals surface area contributed by atoms with Crippen molar-refractivity contribution in [1.82, 2.24) is 29.6 Å². The van der Waals surface area contributed by atoms with E-state index >= 15 is 0 Å². The first-order chi connectivity index (χ1) is 25.9. The molecule has 1 aliphatic heterocycles. The zero-order valence-electron chi connectivity index (χ0n) is 31.8. The molecule has 1 aliphatic rings. The number of nitrogen functional groups attached to an aromatic ring is 2. The molecule has 17 heteroatoms. The molecular formula is C37H59N8O8P. The second-order valence-corrected chi connectivity index (χ2v) is 15.8. The number of nitrogens with zero attached hydrogens (tertiary/aromatic N) is 5. The monoisotopic (exact) mass is 774 g/mol. The lowest BCUT2D eigenvalue weighted by molar-refractivity contribution is -0.145. The van der Waals surface area contributed by atoms with E-state index in [1.165, 1.54) is 69.7 Å². The predicted octanol–water partition coefficient (Wildman–Crippen LogP) is 5.91. The van der Waals surface area contributed by atoms with Gasteiger partial charge in [0.05, 0.1) is 26.1 Å². The zero-order chi connectivity index (χ0) is 39.0. The molecule has 300 valence electrons. The Balaban J connectivity index is 1.24. The minimum Gasteiger partial charge on any atom is -0.465 e. The number of fused-ring (bicyclic) bond motifs is 1. The van der Waals surface area contributed by atoms with Crippen LogP contribution in [0, 0.1) is 0 Å². The summed E-state index contributed by atoms with van der Waals surface area (Å²) in [6, 6.07) is 2.36. The van der Waals surface area contributed by atoms with E-state index in [-0.39, 0.29) is 36.1 Å². The molecule has 3 aromatic heterocycles. The minimum atomic E-state index is -4.25.